The molecule has 1 aromatic carbocycles. The molecule has 1 aromatic rings. The summed E-state index contributed by atoms with van der Waals surface area (Å²) in [6.07, 6.45) is 3.23. The smallest absolute Gasteiger partial charge is 0.193 e. The highest BCUT2D eigenvalue weighted by Gasteiger charge is 2.30. The number of likely N-dealkylation sites (tertiary alicyclic amines) is 1. The van der Waals surface area contributed by atoms with Gasteiger partial charge in [-0.05, 0) is 38.7 Å². The molecule has 2 rings (SSSR count). The van der Waals surface area contributed by atoms with Crippen LogP contribution in [0.25, 0.3) is 0 Å². The predicted octanol–water partition coefficient (Wildman–Crippen LogP) is 4.46. The van der Waals surface area contributed by atoms with Gasteiger partial charge in [-0.25, -0.2) is 0 Å². The molecule has 1 heterocycles. The van der Waals surface area contributed by atoms with Gasteiger partial charge >= 0.3 is 0 Å². The third kappa shape index (κ3) is 9.15. The third-order valence-corrected chi connectivity index (χ3v) is 6.41. The molecule has 2 N–H and O–H groups in total. The lowest BCUT2D eigenvalue weighted by molar-refractivity contribution is 0.0536. The minimum absolute atomic E-state index is 0. The minimum Gasteiger partial charge on any atom is -0.382 e. The second kappa shape index (κ2) is 15.9. The summed E-state index contributed by atoms with van der Waals surface area (Å²) in [5, 5.41) is 7.41. The predicted molar refractivity (Wildman–Crippen MR) is 145 cm³/mol. The summed E-state index contributed by atoms with van der Waals surface area (Å²) in [5.41, 5.74) is 1.30. The van der Waals surface area contributed by atoms with Gasteiger partial charge in [0.05, 0.1) is 26.4 Å². The van der Waals surface area contributed by atoms with Crippen molar-refractivity contribution in [1.29, 1.82) is 0 Å². The lowest BCUT2D eigenvalue weighted by Gasteiger charge is -2.35. The first-order valence-corrected chi connectivity index (χ1v) is 12.0. The maximum absolute atomic E-state index is 5.76. The van der Waals surface area contributed by atoms with Gasteiger partial charge in [0.1, 0.15) is 0 Å². The number of hydrogen-bond acceptors (Lipinski definition) is 4. The van der Waals surface area contributed by atoms with Gasteiger partial charge in [0.2, 0.25) is 0 Å². The van der Waals surface area contributed by atoms with Crippen molar-refractivity contribution in [3.8, 4) is 0 Å². The Balaban J connectivity index is 0.00000512. The molecule has 1 fully saturated rings. The van der Waals surface area contributed by atoms with E-state index in [1.807, 2.05) is 0 Å². The number of ether oxygens (including phenoxy) is 2. The van der Waals surface area contributed by atoms with Gasteiger partial charge in [-0.3, -0.25) is 4.99 Å². The van der Waals surface area contributed by atoms with Gasteiger partial charge in [0.25, 0.3) is 0 Å². The summed E-state index contributed by atoms with van der Waals surface area (Å²) in [4.78, 5) is 7.50. The van der Waals surface area contributed by atoms with Gasteiger partial charge in [-0.2, -0.15) is 0 Å². The van der Waals surface area contributed by atoms with E-state index in [0.29, 0.717) is 25.2 Å². The molecule has 32 heavy (non-hydrogen) atoms. The first-order valence-electron chi connectivity index (χ1n) is 12.0. The number of nitrogens with zero attached hydrogens (tertiary/aromatic N) is 2. The number of guanidine groups is 1. The molecule has 6 nitrogen and oxygen atoms in total. The zero-order valence-corrected chi connectivity index (χ0v) is 23.1. The van der Waals surface area contributed by atoms with Crippen LogP contribution in [0.4, 0.5) is 0 Å². The first kappa shape index (κ1) is 29.1. The Bertz CT molecular complexity index is 640. The SMILES string of the molecule is CCNC(=NCC(CC)(CC)NC(C)c1ccccc1)N1CCC(COCCOC)C1.I. The maximum Gasteiger partial charge on any atom is 0.193 e. The van der Waals surface area contributed by atoms with Crippen molar-refractivity contribution in [1.82, 2.24) is 15.5 Å². The van der Waals surface area contributed by atoms with Crippen molar-refractivity contribution in [2.75, 3.05) is 53.1 Å². The largest absolute Gasteiger partial charge is 0.382 e. The second-order valence-electron chi connectivity index (χ2n) is 8.60. The van der Waals surface area contributed by atoms with Gasteiger partial charge in [-0.15, -0.1) is 24.0 Å². The molecule has 0 spiro atoms. The monoisotopic (exact) mass is 560 g/mol. The fourth-order valence-electron chi connectivity index (χ4n) is 4.21. The molecule has 1 aliphatic rings. The van der Waals surface area contributed by atoms with Gasteiger partial charge in [0, 0.05) is 44.2 Å². The highest BCUT2D eigenvalue weighted by atomic mass is 127. The van der Waals surface area contributed by atoms with Gasteiger partial charge < -0.3 is 25.0 Å². The van der Waals surface area contributed by atoms with Crippen LogP contribution in [0.1, 0.15) is 58.6 Å². The van der Waals surface area contributed by atoms with E-state index in [9.17, 15) is 0 Å². The lowest BCUT2D eigenvalue weighted by atomic mass is 9.90. The Morgan fingerprint density at radius 2 is 1.91 bits per heavy atom. The molecule has 0 aliphatic carbocycles. The van der Waals surface area contributed by atoms with E-state index in [1.54, 1.807) is 7.11 Å². The van der Waals surface area contributed by atoms with Crippen LogP contribution >= 0.6 is 24.0 Å². The molecular formula is C25H45IN4O2. The average molecular weight is 561 g/mol. The van der Waals surface area contributed by atoms with E-state index in [-0.39, 0.29) is 29.5 Å². The molecule has 0 radical (unpaired) electrons. The number of rotatable bonds is 13. The van der Waals surface area contributed by atoms with Crippen LogP contribution in [0.5, 0.6) is 0 Å². The van der Waals surface area contributed by atoms with Crippen molar-refractivity contribution >= 4 is 29.9 Å². The maximum atomic E-state index is 5.76. The first-order chi connectivity index (χ1) is 15.1. The summed E-state index contributed by atoms with van der Waals surface area (Å²) in [7, 11) is 1.71. The number of hydrogen-bond donors (Lipinski definition) is 2. The van der Waals surface area contributed by atoms with Crippen molar-refractivity contribution in [3.63, 3.8) is 0 Å². The third-order valence-electron chi connectivity index (χ3n) is 6.41. The Morgan fingerprint density at radius 3 is 2.53 bits per heavy atom. The quantitative estimate of drug-likeness (QED) is 0.162. The van der Waals surface area contributed by atoms with Crippen LogP contribution in [-0.2, 0) is 9.47 Å². The Hall–Kier alpha value is -0.900. The topological polar surface area (TPSA) is 58.1 Å². The van der Waals surface area contributed by atoms with Crippen LogP contribution < -0.4 is 10.6 Å². The van der Waals surface area contributed by atoms with E-state index >= 15 is 0 Å². The van der Waals surface area contributed by atoms with E-state index < -0.39 is 0 Å². The molecule has 0 bridgehead atoms. The summed E-state index contributed by atoms with van der Waals surface area (Å²) in [5.74, 6) is 1.58. The summed E-state index contributed by atoms with van der Waals surface area (Å²) >= 11 is 0. The molecule has 0 aromatic heterocycles. The van der Waals surface area contributed by atoms with E-state index in [1.165, 1.54) is 5.56 Å². The summed E-state index contributed by atoms with van der Waals surface area (Å²) in [6, 6.07) is 11.0. The molecule has 7 heteroatoms. The number of halogens is 1. The molecular weight excluding hydrogens is 515 g/mol. The number of aliphatic imine (C=N–C) groups is 1. The standard InChI is InChI=1S/C25H44N4O2.HI/c1-6-25(7-2,28-21(4)23-12-10-9-11-13-23)20-27-24(26-8-3)29-15-14-22(18-29)19-31-17-16-30-5;/h9-13,21-22,28H,6-8,14-20H2,1-5H3,(H,26,27);1H. The van der Waals surface area contributed by atoms with Crippen molar-refractivity contribution in [2.45, 2.75) is 58.5 Å². The van der Waals surface area contributed by atoms with Crippen LogP contribution in [0.3, 0.4) is 0 Å². The molecule has 0 saturated carbocycles. The fraction of sp³-hybridized carbons (Fsp3) is 0.720. The number of nitrogens with one attached hydrogen (secondary N) is 2. The highest BCUT2D eigenvalue weighted by Crippen LogP contribution is 2.23. The van der Waals surface area contributed by atoms with Crippen molar-refractivity contribution in [3.05, 3.63) is 35.9 Å². The van der Waals surface area contributed by atoms with E-state index in [2.05, 4.69) is 73.6 Å². The van der Waals surface area contributed by atoms with Crippen molar-refractivity contribution < 1.29 is 9.47 Å². The Morgan fingerprint density at radius 1 is 1.19 bits per heavy atom. The molecule has 2 unspecified atom stereocenters. The molecule has 2 atom stereocenters. The summed E-state index contributed by atoms with van der Waals surface area (Å²) in [6.45, 7) is 14.7. The Kier molecular flexibility index (Phi) is 14.4. The summed E-state index contributed by atoms with van der Waals surface area (Å²) < 4.78 is 10.8. The zero-order valence-electron chi connectivity index (χ0n) is 20.7. The number of methoxy groups -OCH3 is 1. The molecule has 184 valence electrons. The normalized spacial score (nSPS) is 17.8. The van der Waals surface area contributed by atoms with Crippen LogP contribution in [0.2, 0.25) is 0 Å². The van der Waals surface area contributed by atoms with Gasteiger partial charge in [0.15, 0.2) is 5.96 Å². The number of benzene rings is 1. The van der Waals surface area contributed by atoms with E-state index in [4.69, 9.17) is 14.5 Å². The van der Waals surface area contributed by atoms with Crippen LogP contribution in [0.15, 0.2) is 35.3 Å². The minimum atomic E-state index is -0.0156. The molecule has 1 saturated heterocycles. The zero-order chi connectivity index (χ0) is 22.5. The Labute approximate surface area is 212 Å². The van der Waals surface area contributed by atoms with Crippen LogP contribution in [0, 0.1) is 5.92 Å². The van der Waals surface area contributed by atoms with Crippen LogP contribution in [-0.4, -0.2) is 69.5 Å². The second-order valence-corrected chi connectivity index (χ2v) is 8.60. The lowest BCUT2D eigenvalue weighted by Crippen LogP contribution is -2.49. The highest BCUT2D eigenvalue weighted by molar-refractivity contribution is 14.0. The molecule has 0 amide bonds. The average Bonchev–Trinajstić information content (AvgIpc) is 3.28. The van der Waals surface area contributed by atoms with Gasteiger partial charge in [-0.1, -0.05) is 44.2 Å². The van der Waals surface area contributed by atoms with Crippen molar-refractivity contribution in [2.24, 2.45) is 10.9 Å². The van der Waals surface area contributed by atoms with E-state index in [0.717, 1.165) is 58.0 Å². The molecule has 1 aliphatic heterocycles. The fourth-order valence-corrected chi connectivity index (χ4v) is 4.21.